The number of urea groups is 1. The zero-order valence-corrected chi connectivity index (χ0v) is 15.2. The first kappa shape index (κ1) is 18.2. The van der Waals surface area contributed by atoms with Crippen molar-refractivity contribution >= 4 is 6.03 Å². The van der Waals surface area contributed by atoms with Crippen LogP contribution >= 0.6 is 0 Å². The molecule has 1 saturated heterocycles. The highest BCUT2D eigenvalue weighted by atomic mass is 16.3. The number of benzene rings is 1. The molecule has 1 aromatic carbocycles. The Labute approximate surface area is 150 Å². The molecule has 1 aliphatic carbocycles. The molecule has 0 bridgehead atoms. The number of hydrogen-bond donors (Lipinski definition) is 3. The highest BCUT2D eigenvalue weighted by Gasteiger charge is 2.25. The average molecular weight is 345 g/mol. The summed E-state index contributed by atoms with van der Waals surface area (Å²) < 4.78 is 0. The lowest BCUT2D eigenvalue weighted by atomic mass is 10.1. The number of carbonyl (C=O) groups is 1. The predicted molar refractivity (Wildman–Crippen MR) is 99.1 cm³/mol. The normalized spacial score (nSPS) is 26.7. The van der Waals surface area contributed by atoms with Crippen molar-refractivity contribution in [1.82, 2.24) is 15.5 Å². The van der Waals surface area contributed by atoms with E-state index < -0.39 is 0 Å². The van der Waals surface area contributed by atoms with Crippen LogP contribution in [0.25, 0.3) is 0 Å². The van der Waals surface area contributed by atoms with Crippen LogP contribution in [0.15, 0.2) is 24.3 Å². The Balaban J connectivity index is 1.54. The van der Waals surface area contributed by atoms with Gasteiger partial charge in [-0.1, -0.05) is 37.6 Å². The van der Waals surface area contributed by atoms with Crippen molar-refractivity contribution in [2.24, 2.45) is 5.92 Å². The van der Waals surface area contributed by atoms with Gasteiger partial charge in [-0.25, -0.2) is 4.79 Å². The standard InChI is InChI=1S/C20H31N3O2/c1-15-6-4-10-19(15)22-20(25)21-12-16-7-2-3-8-17(16)13-23-11-5-9-18(23)14-24/h2-3,7-8,15,18-19,24H,4-6,9-14H2,1H3,(H2,21,22,25)/t15-,18+,19+/m0/s1. The van der Waals surface area contributed by atoms with E-state index in [0.717, 1.165) is 37.9 Å². The maximum atomic E-state index is 12.2. The molecule has 1 heterocycles. The molecule has 1 aliphatic heterocycles. The number of amides is 2. The molecule has 5 heteroatoms. The van der Waals surface area contributed by atoms with Crippen molar-refractivity contribution in [3.05, 3.63) is 35.4 Å². The van der Waals surface area contributed by atoms with Gasteiger partial charge in [0.2, 0.25) is 0 Å². The monoisotopic (exact) mass is 345 g/mol. The van der Waals surface area contributed by atoms with Crippen LogP contribution in [0.3, 0.4) is 0 Å². The van der Waals surface area contributed by atoms with E-state index >= 15 is 0 Å². The SMILES string of the molecule is C[C@H]1CCC[C@H]1NC(=O)NCc1ccccc1CN1CCC[C@@H]1CO. The molecule has 0 unspecified atom stereocenters. The van der Waals surface area contributed by atoms with Gasteiger partial charge in [-0.3, -0.25) is 4.90 Å². The Bertz CT molecular complexity index is 578. The number of rotatable bonds is 6. The van der Waals surface area contributed by atoms with Crippen molar-refractivity contribution in [3.63, 3.8) is 0 Å². The Morgan fingerprint density at radius 1 is 1.20 bits per heavy atom. The van der Waals surface area contributed by atoms with Gasteiger partial charge in [-0.2, -0.15) is 0 Å². The van der Waals surface area contributed by atoms with E-state index in [2.05, 4.69) is 34.6 Å². The molecule has 25 heavy (non-hydrogen) atoms. The molecule has 0 radical (unpaired) electrons. The van der Waals surface area contributed by atoms with Crippen molar-refractivity contribution in [3.8, 4) is 0 Å². The second-order valence-electron chi connectivity index (χ2n) is 7.56. The molecule has 2 aliphatic rings. The van der Waals surface area contributed by atoms with Gasteiger partial charge in [0.25, 0.3) is 0 Å². The van der Waals surface area contributed by atoms with Crippen LogP contribution in [-0.2, 0) is 13.1 Å². The lowest BCUT2D eigenvalue weighted by Gasteiger charge is -2.24. The van der Waals surface area contributed by atoms with E-state index in [1.165, 1.54) is 18.4 Å². The first-order chi connectivity index (χ1) is 12.2. The summed E-state index contributed by atoms with van der Waals surface area (Å²) in [5.74, 6) is 0.573. The number of likely N-dealkylation sites (tertiary alicyclic amines) is 1. The molecule has 5 nitrogen and oxygen atoms in total. The summed E-state index contributed by atoms with van der Waals surface area (Å²) in [6.45, 7) is 4.85. The van der Waals surface area contributed by atoms with Gasteiger partial charge in [0, 0.05) is 25.2 Å². The van der Waals surface area contributed by atoms with Crippen LogP contribution in [0.5, 0.6) is 0 Å². The van der Waals surface area contributed by atoms with Gasteiger partial charge >= 0.3 is 6.03 Å². The van der Waals surface area contributed by atoms with Crippen LogP contribution in [0.1, 0.15) is 50.2 Å². The maximum absolute atomic E-state index is 12.2. The molecule has 0 aromatic heterocycles. The van der Waals surface area contributed by atoms with Gasteiger partial charge < -0.3 is 15.7 Å². The van der Waals surface area contributed by atoms with Crippen LogP contribution in [0.2, 0.25) is 0 Å². The van der Waals surface area contributed by atoms with Crippen molar-refractivity contribution in [1.29, 1.82) is 0 Å². The van der Waals surface area contributed by atoms with Gasteiger partial charge in [-0.15, -0.1) is 0 Å². The quantitative estimate of drug-likeness (QED) is 0.743. The molecule has 0 spiro atoms. The number of hydrogen-bond acceptors (Lipinski definition) is 3. The first-order valence-electron chi connectivity index (χ1n) is 9.63. The molecule has 138 valence electrons. The Morgan fingerprint density at radius 2 is 2.00 bits per heavy atom. The molecule has 1 aromatic rings. The Hall–Kier alpha value is -1.59. The van der Waals surface area contributed by atoms with E-state index in [1.54, 1.807) is 0 Å². The van der Waals surface area contributed by atoms with Gasteiger partial charge in [0.05, 0.1) is 6.61 Å². The number of aliphatic hydroxyl groups is 1. The number of carbonyl (C=O) groups excluding carboxylic acids is 1. The first-order valence-corrected chi connectivity index (χ1v) is 9.63. The topological polar surface area (TPSA) is 64.6 Å². The second-order valence-corrected chi connectivity index (χ2v) is 7.56. The molecule has 2 amide bonds. The minimum absolute atomic E-state index is 0.0667. The maximum Gasteiger partial charge on any atom is 0.315 e. The van der Waals surface area contributed by atoms with E-state index in [-0.39, 0.29) is 18.7 Å². The van der Waals surface area contributed by atoms with Gasteiger partial charge in [-0.05, 0) is 49.3 Å². The highest BCUT2D eigenvalue weighted by Crippen LogP contribution is 2.24. The van der Waals surface area contributed by atoms with Crippen molar-refractivity contribution < 1.29 is 9.90 Å². The lowest BCUT2D eigenvalue weighted by Crippen LogP contribution is -2.43. The Morgan fingerprint density at radius 3 is 2.72 bits per heavy atom. The Kier molecular flexibility index (Phi) is 6.32. The fraction of sp³-hybridized carbons (Fsp3) is 0.650. The summed E-state index contributed by atoms with van der Waals surface area (Å²) in [6, 6.07) is 8.79. The number of nitrogens with one attached hydrogen (secondary N) is 2. The van der Waals surface area contributed by atoms with Crippen LogP contribution in [0, 0.1) is 5.92 Å². The third kappa shape index (κ3) is 4.73. The summed E-state index contributed by atoms with van der Waals surface area (Å²) in [4.78, 5) is 14.6. The zero-order chi connectivity index (χ0) is 17.6. The van der Waals surface area contributed by atoms with Crippen molar-refractivity contribution in [2.45, 2.75) is 64.2 Å². The summed E-state index contributed by atoms with van der Waals surface area (Å²) in [5, 5.41) is 15.6. The summed E-state index contributed by atoms with van der Waals surface area (Å²) in [7, 11) is 0. The lowest BCUT2D eigenvalue weighted by molar-refractivity contribution is 0.153. The van der Waals surface area contributed by atoms with Crippen molar-refractivity contribution in [2.75, 3.05) is 13.2 Å². The third-order valence-electron chi connectivity index (χ3n) is 5.82. The molecule has 3 atom stereocenters. The molecular formula is C20H31N3O2. The molecule has 2 fully saturated rings. The average Bonchev–Trinajstić information content (AvgIpc) is 3.23. The van der Waals surface area contributed by atoms with E-state index in [4.69, 9.17) is 0 Å². The van der Waals surface area contributed by atoms with Crippen LogP contribution < -0.4 is 10.6 Å². The summed E-state index contributed by atoms with van der Waals surface area (Å²) >= 11 is 0. The molecule has 3 N–H and O–H groups in total. The van der Waals surface area contributed by atoms with E-state index in [0.29, 0.717) is 18.5 Å². The fourth-order valence-corrected chi connectivity index (χ4v) is 4.17. The largest absolute Gasteiger partial charge is 0.395 e. The van der Waals surface area contributed by atoms with Gasteiger partial charge in [0.1, 0.15) is 0 Å². The van der Waals surface area contributed by atoms with E-state index in [1.807, 2.05) is 12.1 Å². The minimum atomic E-state index is -0.0667. The number of aliphatic hydroxyl groups excluding tert-OH is 1. The smallest absolute Gasteiger partial charge is 0.315 e. The minimum Gasteiger partial charge on any atom is -0.395 e. The van der Waals surface area contributed by atoms with Crippen LogP contribution in [0.4, 0.5) is 4.79 Å². The zero-order valence-electron chi connectivity index (χ0n) is 15.2. The predicted octanol–water partition coefficient (Wildman–Crippen LogP) is 2.63. The van der Waals surface area contributed by atoms with Gasteiger partial charge in [0.15, 0.2) is 0 Å². The fourth-order valence-electron chi connectivity index (χ4n) is 4.17. The molecule has 3 rings (SSSR count). The third-order valence-corrected chi connectivity index (χ3v) is 5.82. The molecule has 1 saturated carbocycles. The number of nitrogens with zero attached hydrogens (tertiary/aromatic N) is 1. The van der Waals surface area contributed by atoms with E-state index in [9.17, 15) is 9.90 Å². The highest BCUT2D eigenvalue weighted by molar-refractivity contribution is 5.74. The summed E-state index contributed by atoms with van der Waals surface area (Å²) in [5.41, 5.74) is 2.39. The molecular weight excluding hydrogens is 314 g/mol. The van der Waals surface area contributed by atoms with Crippen LogP contribution in [-0.4, -0.2) is 41.3 Å². The second kappa shape index (κ2) is 8.68. The summed E-state index contributed by atoms with van der Waals surface area (Å²) in [6.07, 6.45) is 5.71.